The molecular weight excluding hydrogens is 208 g/mol. The average molecular weight is 230 g/mol. The fourth-order valence-electron chi connectivity index (χ4n) is 4.16. The number of hydrogen-bond acceptors (Lipinski definition) is 1. The zero-order chi connectivity index (χ0) is 11.9. The summed E-state index contributed by atoms with van der Waals surface area (Å²) >= 11 is 0. The summed E-state index contributed by atoms with van der Waals surface area (Å²) < 4.78 is 5.52. The molecule has 0 N–H and O–H groups in total. The predicted molar refractivity (Wildman–Crippen MR) is 70.0 cm³/mol. The Morgan fingerprint density at radius 3 is 2.41 bits per heavy atom. The van der Waals surface area contributed by atoms with Crippen molar-refractivity contribution >= 4 is 0 Å². The first-order valence-corrected chi connectivity index (χ1v) is 6.86. The zero-order valence-electron chi connectivity index (χ0n) is 10.9. The fraction of sp³-hybridized carbons (Fsp3) is 0.625. The summed E-state index contributed by atoms with van der Waals surface area (Å²) in [6.07, 6.45) is 2.70. The molecule has 1 spiro atoms. The monoisotopic (exact) mass is 230 g/mol. The smallest absolute Gasteiger partial charge is 0.0547 e. The van der Waals surface area contributed by atoms with Crippen molar-refractivity contribution in [3.63, 3.8) is 0 Å². The second kappa shape index (κ2) is 4.13. The molecule has 1 saturated heterocycles. The molecule has 0 amide bonds. The van der Waals surface area contributed by atoms with Gasteiger partial charge in [-0.3, -0.25) is 0 Å². The van der Waals surface area contributed by atoms with E-state index < -0.39 is 0 Å². The van der Waals surface area contributed by atoms with Crippen molar-refractivity contribution in [3.8, 4) is 0 Å². The quantitative estimate of drug-likeness (QED) is 0.749. The summed E-state index contributed by atoms with van der Waals surface area (Å²) in [5.74, 6) is 2.31. The van der Waals surface area contributed by atoms with Gasteiger partial charge in [-0.2, -0.15) is 0 Å². The van der Waals surface area contributed by atoms with E-state index in [4.69, 9.17) is 4.74 Å². The van der Waals surface area contributed by atoms with E-state index in [2.05, 4.69) is 44.2 Å². The maximum absolute atomic E-state index is 5.52. The van der Waals surface area contributed by atoms with Gasteiger partial charge in [0.15, 0.2) is 0 Å². The van der Waals surface area contributed by atoms with E-state index in [-0.39, 0.29) is 0 Å². The van der Waals surface area contributed by atoms with Gasteiger partial charge in [0, 0.05) is 5.41 Å². The lowest BCUT2D eigenvalue weighted by Crippen LogP contribution is -2.47. The Balaban J connectivity index is 1.91. The molecule has 1 aromatic rings. The molecule has 17 heavy (non-hydrogen) atoms. The van der Waals surface area contributed by atoms with Gasteiger partial charge in [-0.15, -0.1) is 0 Å². The first-order chi connectivity index (χ1) is 8.23. The lowest BCUT2D eigenvalue weighted by molar-refractivity contribution is -0.144. The second-order valence-corrected chi connectivity index (χ2v) is 6.18. The summed E-state index contributed by atoms with van der Waals surface area (Å²) in [5.41, 5.74) is 2.05. The zero-order valence-corrected chi connectivity index (χ0v) is 10.9. The van der Waals surface area contributed by atoms with Crippen LogP contribution in [0.3, 0.4) is 0 Å². The number of ether oxygens (including phenoxy) is 1. The first-order valence-electron chi connectivity index (χ1n) is 6.86. The van der Waals surface area contributed by atoms with Crippen molar-refractivity contribution in [1.82, 2.24) is 0 Å². The second-order valence-electron chi connectivity index (χ2n) is 6.18. The van der Waals surface area contributed by atoms with Gasteiger partial charge in [0.2, 0.25) is 0 Å². The molecule has 1 aliphatic heterocycles. The molecule has 1 saturated carbocycles. The van der Waals surface area contributed by atoms with Crippen molar-refractivity contribution in [1.29, 1.82) is 0 Å². The van der Waals surface area contributed by atoms with E-state index in [1.165, 1.54) is 18.4 Å². The van der Waals surface area contributed by atoms with Crippen molar-refractivity contribution in [2.75, 3.05) is 13.2 Å². The van der Waals surface area contributed by atoms with Crippen LogP contribution in [0.5, 0.6) is 0 Å². The van der Waals surface area contributed by atoms with Crippen LogP contribution in [-0.2, 0) is 4.74 Å². The molecule has 2 fully saturated rings. The van der Waals surface area contributed by atoms with E-state index in [0.717, 1.165) is 31.0 Å². The minimum Gasteiger partial charge on any atom is -0.380 e. The van der Waals surface area contributed by atoms with E-state index in [9.17, 15) is 0 Å². The van der Waals surface area contributed by atoms with Crippen LogP contribution in [0, 0.1) is 17.3 Å². The Morgan fingerprint density at radius 2 is 1.88 bits per heavy atom. The van der Waals surface area contributed by atoms with Gasteiger partial charge >= 0.3 is 0 Å². The van der Waals surface area contributed by atoms with E-state index >= 15 is 0 Å². The number of benzene rings is 1. The maximum atomic E-state index is 5.52. The van der Waals surface area contributed by atoms with Crippen LogP contribution in [0.2, 0.25) is 0 Å². The van der Waals surface area contributed by atoms with Gasteiger partial charge in [0.05, 0.1) is 13.2 Å². The number of rotatable bonds is 2. The van der Waals surface area contributed by atoms with Crippen molar-refractivity contribution in [3.05, 3.63) is 35.9 Å². The highest BCUT2D eigenvalue weighted by Crippen LogP contribution is 2.57. The highest BCUT2D eigenvalue weighted by Gasteiger charge is 2.54. The molecule has 1 heterocycles. The standard InChI is InChI=1S/C16H22O/c1-12(2)15-14(13-6-4-3-5-7-13)8-9-16(15)10-17-11-16/h3-7,12,14-15H,8-11H2,1-2H3. The minimum atomic E-state index is 0.509. The molecular formula is C16H22O. The van der Waals surface area contributed by atoms with Gasteiger partial charge in [-0.25, -0.2) is 0 Å². The lowest BCUT2D eigenvalue weighted by atomic mass is 9.67. The van der Waals surface area contributed by atoms with Crippen LogP contribution in [0.25, 0.3) is 0 Å². The summed E-state index contributed by atoms with van der Waals surface area (Å²) in [7, 11) is 0. The Hall–Kier alpha value is -0.820. The number of hydrogen-bond donors (Lipinski definition) is 0. The van der Waals surface area contributed by atoms with Crippen molar-refractivity contribution in [2.45, 2.75) is 32.6 Å². The maximum Gasteiger partial charge on any atom is 0.0547 e. The van der Waals surface area contributed by atoms with E-state index in [0.29, 0.717) is 5.41 Å². The van der Waals surface area contributed by atoms with Gasteiger partial charge in [-0.1, -0.05) is 44.2 Å². The SMILES string of the molecule is CC(C)C1C(c2ccccc2)CCC12COC2. The molecule has 2 aliphatic rings. The van der Waals surface area contributed by atoms with E-state index in [1.54, 1.807) is 0 Å². The van der Waals surface area contributed by atoms with Crippen LogP contribution in [-0.4, -0.2) is 13.2 Å². The molecule has 1 nitrogen and oxygen atoms in total. The molecule has 92 valence electrons. The molecule has 0 aromatic heterocycles. The summed E-state index contributed by atoms with van der Waals surface area (Å²) in [6.45, 7) is 6.76. The molecule has 2 atom stereocenters. The summed E-state index contributed by atoms with van der Waals surface area (Å²) in [5, 5.41) is 0. The van der Waals surface area contributed by atoms with Gasteiger partial charge in [0.1, 0.15) is 0 Å². The third kappa shape index (κ3) is 1.72. The van der Waals surface area contributed by atoms with Gasteiger partial charge in [0.25, 0.3) is 0 Å². The Labute approximate surface area is 104 Å². The lowest BCUT2D eigenvalue weighted by Gasteiger charge is -2.46. The average Bonchev–Trinajstić information content (AvgIpc) is 2.70. The highest BCUT2D eigenvalue weighted by molar-refractivity contribution is 5.24. The van der Waals surface area contributed by atoms with E-state index in [1.807, 2.05) is 0 Å². The molecule has 1 aromatic carbocycles. The molecule has 1 heteroatoms. The third-order valence-electron chi connectivity index (χ3n) is 4.82. The van der Waals surface area contributed by atoms with Crippen molar-refractivity contribution in [2.24, 2.45) is 17.3 Å². The predicted octanol–water partition coefficient (Wildman–Crippen LogP) is 3.85. The van der Waals surface area contributed by atoms with Crippen LogP contribution in [0.15, 0.2) is 30.3 Å². The van der Waals surface area contributed by atoms with Gasteiger partial charge < -0.3 is 4.74 Å². The molecule has 0 bridgehead atoms. The Bertz CT molecular complexity index is 378. The summed E-state index contributed by atoms with van der Waals surface area (Å²) in [4.78, 5) is 0. The molecule has 1 aliphatic carbocycles. The normalized spacial score (nSPS) is 30.8. The Morgan fingerprint density at radius 1 is 1.18 bits per heavy atom. The van der Waals surface area contributed by atoms with Crippen LogP contribution in [0.4, 0.5) is 0 Å². The van der Waals surface area contributed by atoms with Crippen LogP contribution in [0.1, 0.15) is 38.2 Å². The summed E-state index contributed by atoms with van der Waals surface area (Å²) in [6, 6.07) is 11.1. The third-order valence-corrected chi connectivity index (χ3v) is 4.82. The van der Waals surface area contributed by atoms with Crippen LogP contribution >= 0.6 is 0 Å². The molecule has 3 rings (SSSR count). The van der Waals surface area contributed by atoms with Gasteiger partial charge in [-0.05, 0) is 36.2 Å². The molecule has 2 unspecified atom stereocenters. The topological polar surface area (TPSA) is 9.23 Å². The largest absolute Gasteiger partial charge is 0.380 e. The first kappa shape index (κ1) is 11.3. The Kier molecular flexibility index (Phi) is 2.74. The minimum absolute atomic E-state index is 0.509. The van der Waals surface area contributed by atoms with Crippen LogP contribution < -0.4 is 0 Å². The fourth-order valence-corrected chi connectivity index (χ4v) is 4.16. The highest BCUT2D eigenvalue weighted by atomic mass is 16.5. The molecule has 0 radical (unpaired) electrons. The van der Waals surface area contributed by atoms with Crippen molar-refractivity contribution < 1.29 is 4.74 Å².